The molecule has 4 heteroatoms. The van der Waals surface area contributed by atoms with Gasteiger partial charge in [0.15, 0.2) is 0 Å². The molecule has 1 aliphatic heterocycles. The molecule has 0 amide bonds. The van der Waals surface area contributed by atoms with E-state index in [1.807, 2.05) is 4.68 Å². The minimum atomic E-state index is 0.361. The molecule has 2 N–H and O–H groups in total. The second kappa shape index (κ2) is 4.09. The van der Waals surface area contributed by atoms with Crippen molar-refractivity contribution in [2.24, 2.45) is 0 Å². The maximum Gasteiger partial charge on any atom is 0.125 e. The summed E-state index contributed by atoms with van der Waals surface area (Å²) in [7, 11) is 0. The molecule has 0 saturated carbocycles. The van der Waals surface area contributed by atoms with Crippen molar-refractivity contribution in [1.82, 2.24) is 9.78 Å². The van der Waals surface area contributed by atoms with Crippen LogP contribution in [0.5, 0.6) is 0 Å². The minimum absolute atomic E-state index is 0.361. The van der Waals surface area contributed by atoms with Crippen molar-refractivity contribution in [3.8, 4) is 0 Å². The lowest BCUT2D eigenvalue weighted by atomic mass is 9.98. The molecule has 3 rings (SSSR count). The number of nitrogens with zero attached hydrogens (tertiary/aromatic N) is 2. The van der Waals surface area contributed by atoms with Crippen LogP contribution in [0.25, 0.3) is 0 Å². The van der Waals surface area contributed by atoms with Gasteiger partial charge in [0.05, 0.1) is 18.3 Å². The number of hydrogen-bond donors (Lipinski definition) is 1. The molecule has 0 spiro atoms. The number of nitrogen functional groups attached to an aromatic ring is 1. The van der Waals surface area contributed by atoms with Crippen LogP contribution in [-0.4, -0.2) is 23.0 Å². The number of ether oxygens (including phenoxy) is 1. The maximum atomic E-state index is 6.20. The molecular formula is C12H19N3O. The Labute approximate surface area is 95.8 Å². The molecule has 88 valence electrons. The van der Waals surface area contributed by atoms with Crippen LogP contribution in [0.15, 0.2) is 0 Å². The van der Waals surface area contributed by atoms with Crippen LogP contribution >= 0.6 is 0 Å². The summed E-state index contributed by atoms with van der Waals surface area (Å²) < 4.78 is 7.53. The van der Waals surface area contributed by atoms with Gasteiger partial charge in [0, 0.05) is 12.2 Å². The van der Waals surface area contributed by atoms with Crippen molar-refractivity contribution < 1.29 is 4.74 Å². The second-order valence-electron chi connectivity index (χ2n) is 4.83. The largest absolute Gasteiger partial charge is 0.384 e. The Hall–Kier alpha value is -1.03. The van der Waals surface area contributed by atoms with Crippen LogP contribution in [0.4, 0.5) is 5.82 Å². The number of nitrogens with two attached hydrogens (primary N) is 1. The molecule has 16 heavy (non-hydrogen) atoms. The topological polar surface area (TPSA) is 53.1 Å². The Bertz CT molecular complexity index is 380. The fourth-order valence-corrected chi connectivity index (χ4v) is 2.79. The standard InChI is InChI=1S/C12H19N3O/c13-12-10-5-1-2-6-11(10)14-15(12)9-4-3-7-16-8-9/h9H,1-8,13H2. The lowest BCUT2D eigenvalue weighted by Gasteiger charge is -2.23. The Kier molecular flexibility index (Phi) is 2.59. The molecule has 0 bridgehead atoms. The van der Waals surface area contributed by atoms with E-state index in [1.54, 1.807) is 0 Å². The third-order valence-corrected chi connectivity index (χ3v) is 3.71. The van der Waals surface area contributed by atoms with Gasteiger partial charge in [0.1, 0.15) is 5.82 Å². The quantitative estimate of drug-likeness (QED) is 0.785. The van der Waals surface area contributed by atoms with E-state index in [4.69, 9.17) is 10.5 Å². The first-order valence-corrected chi connectivity index (χ1v) is 6.30. The number of aryl methyl sites for hydroxylation is 1. The third-order valence-electron chi connectivity index (χ3n) is 3.71. The van der Waals surface area contributed by atoms with Gasteiger partial charge in [-0.25, -0.2) is 4.68 Å². The summed E-state index contributed by atoms with van der Waals surface area (Å²) in [5.41, 5.74) is 8.73. The predicted octanol–water partition coefficient (Wildman–Crippen LogP) is 1.70. The van der Waals surface area contributed by atoms with E-state index < -0.39 is 0 Å². The number of hydrogen-bond acceptors (Lipinski definition) is 3. The number of anilines is 1. The molecule has 1 fully saturated rings. The zero-order valence-electron chi connectivity index (χ0n) is 9.61. The molecule has 2 aliphatic rings. The first kappa shape index (κ1) is 10.1. The van der Waals surface area contributed by atoms with Crippen LogP contribution in [0.3, 0.4) is 0 Å². The highest BCUT2D eigenvalue weighted by Crippen LogP contribution is 2.30. The van der Waals surface area contributed by atoms with Gasteiger partial charge < -0.3 is 10.5 Å². The highest BCUT2D eigenvalue weighted by molar-refractivity contribution is 5.45. The molecule has 1 unspecified atom stereocenters. The van der Waals surface area contributed by atoms with Crippen molar-refractivity contribution in [3.05, 3.63) is 11.3 Å². The third kappa shape index (κ3) is 1.61. The Morgan fingerprint density at radius 1 is 1.25 bits per heavy atom. The summed E-state index contributed by atoms with van der Waals surface area (Å²) in [4.78, 5) is 0. The fraction of sp³-hybridized carbons (Fsp3) is 0.750. The normalized spacial score (nSPS) is 25.4. The van der Waals surface area contributed by atoms with Crippen molar-refractivity contribution >= 4 is 5.82 Å². The van der Waals surface area contributed by atoms with E-state index in [-0.39, 0.29) is 0 Å². The van der Waals surface area contributed by atoms with E-state index in [1.165, 1.54) is 24.1 Å². The molecule has 0 radical (unpaired) electrons. The number of fused-ring (bicyclic) bond motifs is 1. The number of aromatic nitrogens is 2. The molecule has 1 aliphatic carbocycles. The molecule has 1 saturated heterocycles. The summed E-state index contributed by atoms with van der Waals surface area (Å²) in [5, 5.41) is 4.69. The van der Waals surface area contributed by atoms with Crippen LogP contribution < -0.4 is 5.73 Å². The SMILES string of the molecule is Nc1c2c(nn1C1CCCOC1)CCCC2. The zero-order chi connectivity index (χ0) is 11.0. The van der Waals surface area contributed by atoms with Gasteiger partial charge in [0.2, 0.25) is 0 Å². The highest BCUT2D eigenvalue weighted by Gasteiger charge is 2.24. The Morgan fingerprint density at radius 2 is 2.12 bits per heavy atom. The van der Waals surface area contributed by atoms with Crippen molar-refractivity contribution in [2.45, 2.75) is 44.6 Å². The van der Waals surface area contributed by atoms with Gasteiger partial charge in [-0.3, -0.25) is 0 Å². The zero-order valence-corrected chi connectivity index (χ0v) is 9.61. The molecule has 1 aromatic heterocycles. The first-order chi connectivity index (χ1) is 7.86. The smallest absolute Gasteiger partial charge is 0.125 e. The van der Waals surface area contributed by atoms with Crippen LogP contribution in [0.2, 0.25) is 0 Å². The molecule has 4 nitrogen and oxygen atoms in total. The molecule has 1 aromatic rings. The van der Waals surface area contributed by atoms with Crippen LogP contribution in [0, 0.1) is 0 Å². The lowest BCUT2D eigenvalue weighted by Crippen LogP contribution is -2.23. The summed E-state index contributed by atoms with van der Waals surface area (Å²) in [6.07, 6.45) is 6.98. The summed E-state index contributed by atoms with van der Waals surface area (Å²) in [5.74, 6) is 0.894. The monoisotopic (exact) mass is 221 g/mol. The van der Waals surface area contributed by atoms with E-state index in [0.29, 0.717) is 6.04 Å². The maximum absolute atomic E-state index is 6.20. The van der Waals surface area contributed by atoms with E-state index >= 15 is 0 Å². The fourth-order valence-electron chi connectivity index (χ4n) is 2.79. The van der Waals surface area contributed by atoms with Crippen LogP contribution in [-0.2, 0) is 17.6 Å². The Balaban J connectivity index is 1.91. The van der Waals surface area contributed by atoms with Crippen LogP contribution in [0.1, 0.15) is 43.0 Å². The average molecular weight is 221 g/mol. The van der Waals surface area contributed by atoms with Gasteiger partial charge >= 0.3 is 0 Å². The van der Waals surface area contributed by atoms with Gasteiger partial charge in [0.25, 0.3) is 0 Å². The van der Waals surface area contributed by atoms with Gasteiger partial charge in [-0.1, -0.05) is 0 Å². The molecular weight excluding hydrogens is 202 g/mol. The van der Waals surface area contributed by atoms with Crippen molar-refractivity contribution in [1.29, 1.82) is 0 Å². The predicted molar refractivity (Wildman–Crippen MR) is 62.4 cm³/mol. The van der Waals surface area contributed by atoms with Gasteiger partial charge in [-0.2, -0.15) is 5.10 Å². The Morgan fingerprint density at radius 3 is 2.88 bits per heavy atom. The summed E-state index contributed by atoms with van der Waals surface area (Å²) in [6, 6.07) is 0.361. The van der Waals surface area contributed by atoms with E-state index in [0.717, 1.165) is 44.7 Å². The molecule has 2 heterocycles. The average Bonchev–Trinajstić information content (AvgIpc) is 2.69. The highest BCUT2D eigenvalue weighted by atomic mass is 16.5. The van der Waals surface area contributed by atoms with E-state index in [9.17, 15) is 0 Å². The van der Waals surface area contributed by atoms with Crippen molar-refractivity contribution in [2.75, 3.05) is 18.9 Å². The van der Waals surface area contributed by atoms with Gasteiger partial charge in [-0.15, -0.1) is 0 Å². The second-order valence-corrected chi connectivity index (χ2v) is 4.83. The molecule has 1 atom stereocenters. The summed E-state index contributed by atoms with van der Waals surface area (Å²) in [6.45, 7) is 1.65. The minimum Gasteiger partial charge on any atom is -0.384 e. The lowest BCUT2D eigenvalue weighted by molar-refractivity contribution is 0.0556. The van der Waals surface area contributed by atoms with Gasteiger partial charge in [-0.05, 0) is 38.5 Å². The molecule has 0 aromatic carbocycles. The first-order valence-electron chi connectivity index (χ1n) is 6.30. The van der Waals surface area contributed by atoms with E-state index in [2.05, 4.69) is 5.10 Å². The summed E-state index contributed by atoms with van der Waals surface area (Å²) >= 11 is 0. The van der Waals surface area contributed by atoms with Crippen molar-refractivity contribution in [3.63, 3.8) is 0 Å². The number of rotatable bonds is 1.